The molecule has 4 aromatic rings. The summed E-state index contributed by atoms with van der Waals surface area (Å²) in [5, 5.41) is 22.9. The summed E-state index contributed by atoms with van der Waals surface area (Å²) in [4.78, 5) is 102. The molecule has 18 nitrogen and oxygen atoms in total. The van der Waals surface area contributed by atoms with Crippen LogP contribution in [0.1, 0.15) is 99.4 Å². The van der Waals surface area contributed by atoms with Gasteiger partial charge in [-0.15, -0.1) is 0 Å². The maximum Gasteiger partial charge on any atom is 0.264 e. The summed E-state index contributed by atoms with van der Waals surface area (Å²) >= 11 is 0. The molecule has 1 unspecified atom stereocenters. The fourth-order valence-electron chi connectivity index (χ4n) is 8.64. The second-order valence-corrected chi connectivity index (χ2v) is 17.2. The van der Waals surface area contributed by atoms with E-state index in [0.717, 1.165) is 59.3 Å². The molecule has 2 saturated heterocycles. The summed E-state index contributed by atoms with van der Waals surface area (Å²) in [6, 6.07) is 13.4. The van der Waals surface area contributed by atoms with Crippen molar-refractivity contribution >= 4 is 58.9 Å². The van der Waals surface area contributed by atoms with Crippen LogP contribution >= 0.6 is 0 Å². The molecule has 2 aromatic heterocycles. The Morgan fingerprint density at radius 3 is 2.39 bits per heavy atom. The van der Waals surface area contributed by atoms with E-state index in [4.69, 9.17) is 10.4 Å². The van der Waals surface area contributed by atoms with Crippen LogP contribution in [0.5, 0.6) is 0 Å². The molecular formula is C48H57N11O7. The molecule has 3 aliphatic rings. The summed E-state index contributed by atoms with van der Waals surface area (Å²) < 4.78 is 0. The Hall–Kier alpha value is -7.21. The van der Waals surface area contributed by atoms with Gasteiger partial charge in [0.05, 0.1) is 16.7 Å². The molecule has 2 aromatic carbocycles. The third kappa shape index (κ3) is 10.7. The summed E-state index contributed by atoms with van der Waals surface area (Å²) in [6.07, 6.45) is 4.71. The van der Waals surface area contributed by atoms with Gasteiger partial charge < -0.3 is 36.6 Å². The number of aromatic nitrogens is 2. The van der Waals surface area contributed by atoms with Crippen LogP contribution in [0.15, 0.2) is 59.5 Å². The zero-order chi connectivity index (χ0) is 47.1. The fourth-order valence-corrected chi connectivity index (χ4v) is 8.64. The number of carbonyl (C=O) groups is 6. The molecule has 7 rings (SSSR count). The lowest BCUT2D eigenvalue weighted by Crippen LogP contribution is -2.54. The van der Waals surface area contributed by atoms with E-state index >= 15 is 0 Å². The number of piperidine rings is 1. The Balaban J connectivity index is 0.848. The van der Waals surface area contributed by atoms with Crippen molar-refractivity contribution < 1.29 is 28.8 Å². The summed E-state index contributed by atoms with van der Waals surface area (Å²) in [7, 11) is 0. The van der Waals surface area contributed by atoms with Crippen molar-refractivity contribution in [1.82, 2.24) is 35.7 Å². The maximum absolute atomic E-state index is 13.7. The van der Waals surface area contributed by atoms with E-state index < -0.39 is 35.6 Å². The Morgan fingerprint density at radius 1 is 0.909 bits per heavy atom. The first kappa shape index (κ1) is 46.8. The van der Waals surface area contributed by atoms with Gasteiger partial charge >= 0.3 is 0 Å². The molecule has 0 aliphatic carbocycles. The minimum Gasteiger partial charge on any atom is -0.384 e. The standard InChI is InChI=1S/C48H57N11O7/c1-28(2)54-38-24-32(23-34(35(38)25-49)44(62)53-27-36-29(3)22-30(4)55-45(36)63)31-11-13-40(52-26-31)58-20-18-57(19-21-58)17-16-51-41(60)10-5-6-15-50-37-9-7-8-33-43(37)48(66)59(47(33)65)39-12-14-42(61)56-46(39)64/h7-9,11,13,22-26,28,39,49-50,54H,5-6,10,12,14-21,27H2,1-4H3,(H,51,60)(H,53,62)(H,55,63)(H,56,61,64). The third-order valence-corrected chi connectivity index (χ3v) is 12.1. The molecule has 5 heterocycles. The number of unbranched alkanes of at least 4 members (excludes halogenated alkanes) is 1. The van der Waals surface area contributed by atoms with Gasteiger partial charge in [-0.25, -0.2) is 4.98 Å². The normalized spacial score (nSPS) is 16.3. The van der Waals surface area contributed by atoms with Gasteiger partial charge in [-0.3, -0.25) is 48.7 Å². The third-order valence-electron chi connectivity index (χ3n) is 12.1. The minimum absolute atomic E-state index is 0.0392. The molecule has 2 fully saturated rings. The number of imide groups is 2. The number of hydrogen-bond acceptors (Lipinski definition) is 13. The summed E-state index contributed by atoms with van der Waals surface area (Å²) in [5.41, 5.74) is 5.63. The number of H-pyrrole nitrogens is 1. The Labute approximate surface area is 382 Å². The van der Waals surface area contributed by atoms with Crippen LogP contribution < -0.4 is 37.0 Å². The Morgan fingerprint density at radius 2 is 1.70 bits per heavy atom. The van der Waals surface area contributed by atoms with Crippen LogP contribution in [-0.4, -0.2) is 119 Å². The highest BCUT2D eigenvalue weighted by Crippen LogP contribution is 2.33. The largest absolute Gasteiger partial charge is 0.384 e. The molecule has 0 saturated carbocycles. The number of nitrogens with one attached hydrogen (secondary N) is 7. The van der Waals surface area contributed by atoms with Crippen molar-refractivity contribution in [2.75, 3.05) is 61.3 Å². The van der Waals surface area contributed by atoms with Gasteiger partial charge in [-0.2, -0.15) is 0 Å². The number of carbonyl (C=O) groups excluding carboxylic acids is 6. The quantitative estimate of drug-likeness (QED) is 0.0430. The number of anilines is 3. The number of fused-ring (bicyclic) bond motifs is 1. The molecule has 1 atom stereocenters. The predicted molar refractivity (Wildman–Crippen MR) is 251 cm³/mol. The highest BCUT2D eigenvalue weighted by Gasteiger charge is 2.45. The van der Waals surface area contributed by atoms with E-state index in [0.29, 0.717) is 67.0 Å². The number of aryl methyl sites for hydroxylation is 2. The number of benzene rings is 2. The monoisotopic (exact) mass is 899 g/mol. The number of rotatable bonds is 18. The van der Waals surface area contributed by atoms with Crippen LogP contribution in [0, 0.1) is 19.3 Å². The van der Waals surface area contributed by atoms with Gasteiger partial charge in [0.1, 0.15) is 11.9 Å². The van der Waals surface area contributed by atoms with Gasteiger partial charge in [0.15, 0.2) is 0 Å². The number of aromatic amines is 1. The van der Waals surface area contributed by atoms with Crippen molar-refractivity contribution in [3.05, 3.63) is 104 Å². The molecule has 3 aliphatic heterocycles. The number of nitrogens with zero attached hydrogens (tertiary/aromatic N) is 4. The van der Waals surface area contributed by atoms with Crippen molar-refractivity contribution in [3.8, 4) is 11.1 Å². The summed E-state index contributed by atoms with van der Waals surface area (Å²) in [6.45, 7) is 12.5. The average Bonchev–Trinajstić information content (AvgIpc) is 3.54. The highest BCUT2D eigenvalue weighted by molar-refractivity contribution is 6.25. The molecule has 18 heteroatoms. The molecule has 0 radical (unpaired) electrons. The molecule has 0 spiro atoms. The van der Waals surface area contributed by atoms with E-state index in [-0.39, 0.29) is 48.0 Å². The van der Waals surface area contributed by atoms with Crippen molar-refractivity contribution in [2.24, 2.45) is 0 Å². The lowest BCUT2D eigenvalue weighted by Gasteiger charge is -2.35. The first-order chi connectivity index (χ1) is 31.7. The van der Waals surface area contributed by atoms with Gasteiger partial charge in [0.2, 0.25) is 17.7 Å². The lowest BCUT2D eigenvalue weighted by molar-refractivity contribution is -0.136. The number of hydrogen-bond donors (Lipinski definition) is 7. The van der Waals surface area contributed by atoms with Crippen molar-refractivity contribution in [3.63, 3.8) is 0 Å². The van der Waals surface area contributed by atoms with Crippen molar-refractivity contribution in [2.45, 2.75) is 78.4 Å². The smallest absolute Gasteiger partial charge is 0.264 e. The number of pyridine rings is 2. The second kappa shape index (κ2) is 20.7. The number of piperazine rings is 1. The lowest BCUT2D eigenvalue weighted by atomic mass is 9.97. The van der Waals surface area contributed by atoms with Crippen LogP contribution in [-0.2, 0) is 20.9 Å². The Kier molecular flexibility index (Phi) is 14.7. The topological polar surface area (TPSA) is 242 Å². The fraction of sp³-hybridized carbons (Fsp3) is 0.396. The number of amides is 6. The Bertz CT molecular complexity index is 2600. The van der Waals surface area contributed by atoms with E-state index in [9.17, 15) is 33.6 Å². The molecule has 66 heavy (non-hydrogen) atoms. The van der Waals surface area contributed by atoms with Crippen LogP contribution in [0.3, 0.4) is 0 Å². The molecular weight excluding hydrogens is 843 g/mol. The van der Waals surface area contributed by atoms with Crippen LogP contribution in [0.25, 0.3) is 11.1 Å². The molecule has 6 amide bonds. The zero-order valence-electron chi connectivity index (χ0n) is 37.8. The zero-order valence-corrected chi connectivity index (χ0v) is 37.8. The first-order valence-corrected chi connectivity index (χ1v) is 22.4. The average molecular weight is 900 g/mol. The van der Waals surface area contributed by atoms with Crippen molar-refractivity contribution in [1.29, 1.82) is 5.41 Å². The van der Waals surface area contributed by atoms with Gasteiger partial charge in [-0.1, -0.05) is 6.07 Å². The molecule has 7 N–H and O–H groups in total. The second-order valence-electron chi connectivity index (χ2n) is 17.2. The van der Waals surface area contributed by atoms with Gasteiger partial charge in [-0.05, 0) is 101 Å². The van der Waals surface area contributed by atoms with Gasteiger partial charge in [0.25, 0.3) is 23.3 Å². The predicted octanol–water partition coefficient (Wildman–Crippen LogP) is 3.72. The van der Waals surface area contributed by atoms with Crippen LogP contribution in [0.2, 0.25) is 0 Å². The molecule has 346 valence electrons. The van der Waals surface area contributed by atoms with E-state index in [1.54, 1.807) is 30.5 Å². The minimum atomic E-state index is -1.03. The maximum atomic E-state index is 13.7. The summed E-state index contributed by atoms with van der Waals surface area (Å²) in [5.74, 6) is -1.81. The van der Waals surface area contributed by atoms with Gasteiger partial charge in [0, 0.05) is 117 Å². The van der Waals surface area contributed by atoms with E-state index in [1.165, 1.54) is 6.21 Å². The first-order valence-electron chi connectivity index (χ1n) is 22.4. The van der Waals surface area contributed by atoms with E-state index in [1.807, 2.05) is 52.0 Å². The van der Waals surface area contributed by atoms with Crippen LogP contribution in [0.4, 0.5) is 17.2 Å². The SMILES string of the molecule is Cc1cc(C)c(CNC(=O)c2cc(-c3ccc(N4CCN(CCNC(=O)CCCCNc5cccc6c5C(=O)N(C5CCC(=O)NC5=O)C6=O)CC4)nc3)cc(NC(C)C)c2C=N)c(=O)[nH]1. The molecule has 0 bridgehead atoms. The highest BCUT2D eigenvalue weighted by atomic mass is 16.2. The van der Waals surface area contributed by atoms with E-state index in [2.05, 4.69) is 41.4 Å².